The summed E-state index contributed by atoms with van der Waals surface area (Å²) >= 11 is 0. The van der Waals surface area contributed by atoms with Gasteiger partial charge in [0.2, 0.25) is 0 Å². The summed E-state index contributed by atoms with van der Waals surface area (Å²) < 4.78 is 42.3. The summed E-state index contributed by atoms with van der Waals surface area (Å²) in [4.78, 5) is 3.89. The Bertz CT molecular complexity index is 582. The molecule has 0 fully saturated rings. The lowest BCUT2D eigenvalue weighted by atomic mass is 10.0. The highest BCUT2D eigenvalue weighted by molar-refractivity contribution is 5.34. The number of alkyl halides is 3. The van der Waals surface area contributed by atoms with Gasteiger partial charge in [-0.15, -0.1) is 0 Å². The second kappa shape index (κ2) is 5.50. The molecule has 0 radical (unpaired) electrons. The molecule has 6 heteroatoms. The summed E-state index contributed by atoms with van der Waals surface area (Å²) in [5.74, 6) is 0.466. The van der Waals surface area contributed by atoms with Gasteiger partial charge in [0.25, 0.3) is 0 Å². The Labute approximate surface area is 113 Å². The molecule has 0 aliphatic rings. The molecule has 1 heterocycles. The smallest absolute Gasteiger partial charge is 0.416 e. The highest BCUT2D eigenvalue weighted by Gasteiger charge is 2.30. The summed E-state index contributed by atoms with van der Waals surface area (Å²) in [6.45, 7) is 0. The van der Waals surface area contributed by atoms with Crippen LogP contribution < -0.4 is 4.74 Å². The van der Waals surface area contributed by atoms with E-state index in [0.29, 0.717) is 16.9 Å². The van der Waals surface area contributed by atoms with Gasteiger partial charge in [-0.3, -0.25) is 4.98 Å². The van der Waals surface area contributed by atoms with Crippen molar-refractivity contribution in [1.29, 1.82) is 0 Å². The molecule has 2 aromatic rings. The Morgan fingerprint density at radius 2 is 1.75 bits per heavy atom. The van der Waals surface area contributed by atoms with Gasteiger partial charge in [-0.1, -0.05) is 12.1 Å². The first-order valence-corrected chi connectivity index (χ1v) is 5.76. The van der Waals surface area contributed by atoms with E-state index < -0.39 is 17.8 Å². The van der Waals surface area contributed by atoms with Crippen LogP contribution >= 0.6 is 0 Å². The summed E-state index contributed by atoms with van der Waals surface area (Å²) in [7, 11) is 1.46. The van der Waals surface area contributed by atoms with E-state index in [2.05, 4.69) is 4.98 Å². The third kappa shape index (κ3) is 3.08. The van der Waals surface area contributed by atoms with Gasteiger partial charge in [-0.25, -0.2) is 0 Å². The van der Waals surface area contributed by atoms with Gasteiger partial charge in [0.15, 0.2) is 0 Å². The van der Waals surface area contributed by atoms with Crippen molar-refractivity contribution >= 4 is 0 Å². The number of hydrogen-bond acceptors (Lipinski definition) is 3. The topological polar surface area (TPSA) is 42.4 Å². The van der Waals surface area contributed by atoms with E-state index in [4.69, 9.17) is 4.74 Å². The van der Waals surface area contributed by atoms with E-state index in [-0.39, 0.29) is 0 Å². The van der Waals surface area contributed by atoms with Crippen LogP contribution in [0.25, 0.3) is 0 Å². The van der Waals surface area contributed by atoms with Gasteiger partial charge in [-0.2, -0.15) is 13.2 Å². The van der Waals surface area contributed by atoms with Crippen LogP contribution in [0.2, 0.25) is 0 Å². The molecule has 1 atom stereocenters. The third-order valence-corrected chi connectivity index (χ3v) is 2.84. The quantitative estimate of drug-likeness (QED) is 0.940. The van der Waals surface area contributed by atoms with Crippen molar-refractivity contribution in [3.05, 3.63) is 59.4 Å². The number of rotatable bonds is 3. The summed E-state index contributed by atoms with van der Waals surface area (Å²) in [5.41, 5.74) is 0.0504. The molecular weight excluding hydrogens is 271 g/mol. The van der Waals surface area contributed by atoms with E-state index in [1.807, 2.05) is 0 Å². The lowest BCUT2D eigenvalue weighted by molar-refractivity contribution is -0.137. The zero-order valence-electron chi connectivity index (χ0n) is 10.6. The molecule has 1 N–H and O–H groups in total. The van der Waals surface area contributed by atoms with Crippen molar-refractivity contribution in [1.82, 2.24) is 4.98 Å². The maximum absolute atomic E-state index is 12.5. The average molecular weight is 283 g/mol. The minimum absolute atomic E-state index is 0.355. The SMILES string of the molecule is COc1cncc(C(O)c2ccc(C(F)(F)F)cc2)c1. The maximum Gasteiger partial charge on any atom is 0.416 e. The van der Waals surface area contributed by atoms with E-state index in [1.54, 1.807) is 6.07 Å². The number of halogens is 3. The van der Waals surface area contributed by atoms with Crippen molar-refractivity contribution in [2.75, 3.05) is 7.11 Å². The zero-order chi connectivity index (χ0) is 14.8. The van der Waals surface area contributed by atoms with Gasteiger partial charge in [0.05, 0.1) is 18.9 Å². The summed E-state index contributed by atoms with van der Waals surface area (Å²) in [6.07, 6.45) is -2.53. The standard InChI is InChI=1S/C14H12F3NO2/c1-20-12-6-10(7-18-8-12)13(19)9-2-4-11(5-3-9)14(15,16)17/h2-8,13,19H,1H3. The van der Waals surface area contributed by atoms with Crippen LogP contribution in [0.5, 0.6) is 5.75 Å². The van der Waals surface area contributed by atoms with Crippen LogP contribution in [-0.4, -0.2) is 17.2 Å². The molecule has 0 aliphatic heterocycles. The zero-order valence-corrected chi connectivity index (χ0v) is 10.6. The fourth-order valence-electron chi connectivity index (χ4n) is 1.74. The second-order valence-corrected chi connectivity index (χ2v) is 4.18. The van der Waals surface area contributed by atoms with Crippen molar-refractivity contribution < 1.29 is 23.0 Å². The first kappa shape index (κ1) is 14.3. The fourth-order valence-corrected chi connectivity index (χ4v) is 1.74. The number of benzene rings is 1. The molecule has 0 saturated heterocycles. The normalized spacial score (nSPS) is 13.1. The third-order valence-electron chi connectivity index (χ3n) is 2.84. The number of hydrogen-bond donors (Lipinski definition) is 1. The molecule has 3 nitrogen and oxygen atoms in total. The minimum atomic E-state index is -4.39. The fraction of sp³-hybridized carbons (Fsp3) is 0.214. The van der Waals surface area contributed by atoms with Gasteiger partial charge in [0, 0.05) is 11.8 Å². The van der Waals surface area contributed by atoms with Crippen molar-refractivity contribution in [2.24, 2.45) is 0 Å². The summed E-state index contributed by atoms with van der Waals surface area (Å²) in [5, 5.41) is 10.1. The van der Waals surface area contributed by atoms with Crippen LogP contribution in [0, 0.1) is 0 Å². The van der Waals surface area contributed by atoms with Gasteiger partial charge in [0.1, 0.15) is 11.9 Å². The van der Waals surface area contributed by atoms with Crippen LogP contribution in [0.3, 0.4) is 0 Å². The lowest BCUT2D eigenvalue weighted by Crippen LogP contribution is -2.06. The van der Waals surface area contributed by atoms with E-state index in [1.165, 1.54) is 31.6 Å². The van der Waals surface area contributed by atoms with E-state index in [0.717, 1.165) is 12.1 Å². The van der Waals surface area contributed by atoms with Crippen molar-refractivity contribution in [3.8, 4) is 5.75 Å². The number of aliphatic hydroxyl groups is 1. The van der Waals surface area contributed by atoms with Crippen molar-refractivity contribution in [2.45, 2.75) is 12.3 Å². The number of ether oxygens (including phenoxy) is 1. The first-order valence-electron chi connectivity index (χ1n) is 5.76. The highest BCUT2D eigenvalue weighted by atomic mass is 19.4. The van der Waals surface area contributed by atoms with Gasteiger partial charge in [-0.05, 0) is 23.8 Å². The number of pyridine rings is 1. The van der Waals surface area contributed by atoms with Gasteiger partial charge >= 0.3 is 6.18 Å². The Hall–Kier alpha value is -2.08. The van der Waals surface area contributed by atoms with Crippen LogP contribution in [0.1, 0.15) is 22.8 Å². The molecule has 1 unspecified atom stereocenters. The number of aromatic nitrogens is 1. The molecular formula is C14H12F3NO2. The predicted octanol–water partition coefficient (Wildman–Crippen LogP) is 3.19. The Morgan fingerprint density at radius 3 is 2.30 bits per heavy atom. The molecule has 1 aromatic heterocycles. The molecule has 20 heavy (non-hydrogen) atoms. The largest absolute Gasteiger partial charge is 0.495 e. The second-order valence-electron chi connectivity index (χ2n) is 4.18. The van der Waals surface area contributed by atoms with Crippen LogP contribution in [0.15, 0.2) is 42.7 Å². The lowest BCUT2D eigenvalue weighted by Gasteiger charge is -2.13. The predicted molar refractivity (Wildman–Crippen MR) is 66.3 cm³/mol. The number of methoxy groups -OCH3 is 1. The van der Waals surface area contributed by atoms with Crippen molar-refractivity contribution in [3.63, 3.8) is 0 Å². The molecule has 2 rings (SSSR count). The molecule has 0 bridgehead atoms. The molecule has 0 aliphatic carbocycles. The monoisotopic (exact) mass is 283 g/mol. The Kier molecular flexibility index (Phi) is 3.94. The molecule has 0 saturated carbocycles. The molecule has 0 spiro atoms. The number of nitrogens with zero attached hydrogens (tertiary/aromatic N) is 1. The Morgan fingerprint density at radius 1 is 1.10 bits per heavy atom. The molecule has 0 amide bonds. The Balaban J connectivity index is 2.26. The minimum Gasteiger partial charge on any atom is -0.495 e. The number of aliphatic hydroxyl groups excluding tert-OH is 1. The molecule has 1 aromatic carbocycles. The maximum atomic E-state index is 12.5. The highest BCUT2D eigenvalue weighted by Crippen LogP contribution is 2.31. The van der Waals surface area contributed by atoms with E-state index >= 15 is 0 Å². The van der Waals surface area contributed by atoms with Crippen LogP contribution in [0.4, 0.5) is 13.2 Å². The van der Waals surface area contributed by atoms with Gasteiger partial charge < -0.3 is 9.84 Å². The first-order chi connectivity index (χ1) is 9.41. The van der Waals surface area contributed by atoms with E-state index in [9.17, 15) is 18.3 Å². The van der Waals surface area contributed by atoms with Crippen LogP contribution in [-0.2, 0) is 6.18 Å². The molecule has 106 valence electrons. The summed E-state index contributed by atoms with van der Waals surface area (Å²) in [6, 6.07) is 5.94. The average Bonchev–Trinajstić information content (AvgIpc) is 2.46.